The molecule has 1 aromatic heterocycles. The monoisotopic (exact) mass is 330 g/mol. The van der Waals surface area contributed by atoms with Crippen molar-refractivity contribution in [3.05, 3.63) is 23.9 Å². The summed E-state index contributed by atoms with van der Waals surface area (Å²) in [7, 11) is 2.17. The fraction of sp³-hybridized carbons (Fsp3) is 0.667. The first-order valence-corrected chi connectivity index (χ1v) is 9.16. The molecule has 1 saturated heterocycles. The first kappa shape index (κ1) is 17.0. The van der Waals surface area contributed by atoms with Crippen molar-refractivity contribution >= 4 is 11.8 Å². The molecule has 132 valence electrons. The summed E-state index contributed by atoms with van der Waals surface area (Å²) in [6, 6.07) is 4.58. The van der Waals surface area contributed by atoms with Crippen molar-refractivity contribution in [2.24, 2.45) is 10.7 Å². The molecule has 0 unspecified atom stereocenters. The quantitative estimate of drug-likeness (QED) is 0.648. The van der Waals surface area contributed by atoms with Crippen LogP contribution >= 0.6 is 0 Å². The van der Waals surface area contributed by atoms with E-state index in [1.165, 1.54) is 32.1 Å². The van der Waals surface area contributed by atoms with Crippen molar-refractivity contribution < 1.29 is 0 Å². The molecule has 0 atom stereocenters. The van der Waals surface area contributed by atoms with Gasteiger partial charge in [-0.2, -0.15) is 0 Å². The SMILES string of the molecule is CN1CCN(c2ncccc2CN=C(N)NC2CCCCC2)CC1. The average molecular weight is 330 g/mol. The van der Waals surface area contributed by atoms with E-state index in [0.29, 0.717) is 18.5 Å². The maximum atomic E-state index is 6.10. The third-order valence-electron chi connectivity index (χ3n) is 5.05. The highest BCUT2D eigenvalue weighted by atomic mass is 15.3. The van der Waals surface area contributed by atoms with Crippen LogP contribution in [0.25, 0.3) is 0 Å². The third-order valence-corrected chi connectivity index (χ3v) is 5.05. The van der Waals surface area contributed by atoms with Crippen LogP contribution in [0.5, 0.6) is 0 Å². The lowest BCUT2D eigenvalue weighted by Gasteiger charge is -2.34. The van der Waals surface area contributed by atoms with Gasteiger partial charge in [0.2, 0.25) is 0 Å². The third kappa shape index (κ3) is 4.60. The minimum Gasteiger partial charge on any atom is -0.370 e. The van der Waals surface area contributed by atoms with Gasteiger partial charge >= 0.3 is 0 Å². The van der Waals surface area contributed by atoms with Gasteiger partial charge in [0.1, 0.15) is 5.82 Å². The standard InChI is InChI=1S/C18H30N6/c1-23-10-12-24(13-11-23)17-15(6-5-9-20-17)14-21-18(19)22-16-7-3-2-4-8-16/h5-6,9,16H,2-4,7-8,10-14H2,1H3,(H3,19,21,22). The maximum Gasteiger partial charge on any atom is 0.189 e. The topological polar surface area (TPSA) is 69.8 Å². The molecule has 1 saturated carbocycles. The summed E-state index contributed by atoms with van der Waals surface area (Å²) in [6.45, 7) is 4.76. The Labute approximate surface area is 145 Å². The van der Waals surface area contributed by atoms with E-state index in [0.717, 1.165) is 37.6 Å². The highest BCUT2D eigenvalue weighted by Gasteiger charge is 2.18. The Bertz CT molecular complexity index is 544. The zero-order valence-electron chi connectivity index (χ0n) is 14.7. The number of nitrogens with two attached hydrogens (primary N) is 1. The van der Waals surface area contributed by atoms with Gasteiger partial charge in [-0.25, -0.2) is 9.98 Å². The molecule has 0 spiro atoms. The molecular weight excluding hydrogens is 300 g/mol. The van der Waals surface area contributed by atoms with E-state index >= 15 is 0 Å². The summed E-state index contributed by atoms with van der Waals surface area (Å²) in [6.07, 6.45) is 8.21. The van der Waals surface area contributed by atoms with Gasteiger partial charge in [0.15, 0.2) is 5.96 Å². The Balaban J connectivity index is 1.61. The lowest BCUT2D eigenvalue weighted by Crippen LogP contribution is -2.45. The summed E-state index contributed by atoms with van der Waals surface area (Å²) < 4.78 is 0. The Morgan fingerprint density at radius 2 is 2.00 bits per heavy atom. The molecular formula is C18H30N6. The van der Waals surface area contributed by atoms with Crippen molar-refractivity contribution in [3.8, 4) is 0 Å². The molecule has 6 heteroatoms. The van der Waals surface area contributed by atoms with Gasteiger partial charge in [-0.15, -0.1) is 0 Å². The maximum absolute atomic E-state index is 6.10. The molecule has 3 N–H and O–H groups in total. The van der Waals surface area contributed by atoms with Crippen molar-refractivity contribution in [3.63, 3.8) is 0 Å². The van der Waals surface area contributed by atoms with E-state index in [-0.39, 0.29) is 0 Å². The highest BCUT2D eigenvalue weighted by molar-refractivity contribution is 5.78. The summed E-state index contributed by atoms with van der Waals surface area (Å²) in [5.41, 5.74) is 7.25. The summed E-state index contributed by atoms with van der Waals surface area (Å²) >= 11 is 0. The molecule has 1 aliphatic heterocycles. The highest BCUT2D eigenvalue weighted by Crippen LogP contribution is 2.20. The lowest BCUT2D eigenvalue weighted by molar-refractivity contribution is 0.312. The van der Waals surface area contributed by atoms with Gasteiger partial charge in [0, 0.05) is 44.0 Å². The van der Waals surface area contributed by atoms with Crippen LogP contribution in [0, 0.1) is 0 Å². The normalized spacial score (nSPS) is 21.0. The smallest absolute Gasteiger partial charge is 0.189 e. The van der Waals surface area contributed by atoms with Crippen molar-refractivity contribution in [2.75, 3.05) is 38.1 Å². The Hall–Kier alpha value is -1.82. The molecule has 1 aliphatic carbocycles. The van der Waals surface area contributed by atoms with E-state index in [9.17, 15) is 0 Å². The van der Waals surface area contributed by atoms with Crippen LogP contribution in [-0.2, 0) is 6.54 Å². The van der Waals surface area contributed by atoms with Gasteiger partial charge in [-0.1, -0.05) is 25.3 Å². The molecule has 1 aromatic rings. The van der Waals surface area contributed by atoms with Crippen LogP contribution in [0.3, 0.4) is 0 Å². The molecule has 2 aliphatic rings. The fourth-order valence-electron chi connectivity index (χ4n) is 3.53. The summed E-state index contributed by atoms with van der Waals surface area (Å²) in [5.74, 6) is 1.62. The van der Waals surface area contributed by atoms with E-state index in [1.54, 1.807) is 0 Å². The predicted octanol–water partition coefficient (Wildman–Crippen LogP) is 1.57. The second kappa shape index (κ2) is 8.33. The van der Waals surface area contributed by atoms with Gasteiger partial charge < -0.3 is 20.9 Å². The molecule has 2 heterocycles. The van der Waals surface area contributed by atoms with E-state index < -0.39 is 0 Å². The summed E-state index contributed by atoms with van der Waals surface area (Å²) in [5, 5.41) is 3.38. The number of nitrogens with one attached hydrogen (secondary N) is 1. The molecule has 6 nitrogen and oxygen atoms in total. The number of pyridine rings is 1. The summed E-state index contributed by atoms with van der Waals surface area (Å²) in [4.78, 5) is 13.9. The molecule has 2 fully saturated rings. The first-order valence-electron chi connectivity index (χ1n) is 9.16. The number of anilines is 1. The van der Waals surface area contributed by atoms with Gasteiger partial charge in [0.05, 0.1) is 6.54 Å². The van der Waals surface area contributed by atoms with Crippen LogP contribution < -0.4 is 16.0 Å². The lowest BCUT2D eigenvalue weighted by atomic mass is 9.96. The number of aliphatic imine (C=N–C) groups is 1. The number of piperazine rings is 1. The fourth-order valence-corrected chi connectivity index (χ4v) is 3.53. The Kier molecular flexibility index (Phi) is 5.91. The zero-order valence-corrected chi connectivity index (χ0v) is 14.7. The number of aromatic nitrogens is 1. The van der Waals surface area contributed by atoms with Crippen LogP contribution in [0.2, 0.25) is 0 Å². The minimum absolute atomic E-state index is 0.494. The molecule has 0 amide bonds. The van der Waals surface area contributed by atoms with Crippen molar-refractivity contribution in [2.45, 2.75) is 44.7 Å². The van der Waals surface area contributed by atoms with Gasteiger partial charge in [-0.3, -0.25) is 0 Å². The second-order valence-electron chi connectivity index (χ2n) is 6.96. The second-order valence-corrected chi connectivity index (χ2v) is 6.96. The predicted molar refractivity (Wildman–Crippen MR) is 99.3 cm³/mol. The molecule has 0 radical (unpaired) electrons. The number of guanidine groups is 1. The molecule has 24 heavy (non-hydrogen) atoms. The number of hydrogen-bond donors (Lipinski definition) is 2. The van der Waals surface area contributed by atoms with E-state index in [1.807, 2.05) is 12.3 Å². The number of hydrogen-bond acceptors (Lipinski definition) is 4. The largest absolute Gasteiger partial charge is 0.370 e. The molecule has 3 rings (SSSR count). The van der Waals surface area contributed by atoms with Gasteiger partial charge in [-0.05, 0) is 26.0 Å². The van der Waals surface area contributed by atoms with Crippen LogP contribution in [0.4, 0.5) is 5.82 Å². The first-order chi connectivity index (χ1) is 11.7. The van der Waals surface area contributed by atoms with Crippen molar-refractivity contribution in [1.82, 2.24) is 15.2 Å². The van der Waals surface area contributed by atoms with E-state index in [2.05, 4.69) is 38.2 Å². The minimum atomic E-state index is 0.494. The average Bonchev–Trinajstić information content (AvgIpc) is 2.62. The van der Waals surface area contributed by atoms with Gasteiger partial charge in [0.25, 0.3) is 0 Å². The number of likely N-dealkylation sites (N-methyl/N-ethyl adjacent to an activating group) is 1. The van der Waals surface area contributed by atoms with Crippen LogP contribution in [0.15, 0.2) is 23.3 Å². The molecule has 0 bridgehead atoms. The Morgan fingerprint density at radius 1 is 1.25 bits per heavy atom. The number of nitrogens with zero attached hydrogens (tertiary/aromatic N) is 4. The van der Waals surface area contributed by atoms with Crippen LogP contribution in [-0.4, -0.2) is 55.1 Å². The van der Waals surface area contributed by atoms with E-state index in [4.69, 9.17) is 5.73 Å². The van der Waals surface area contributed by atoms with Crippen LogP contribution in [0.1, 0.15) is 37.7 Å². The zero-order chi connectivity index (χ0) is 16.8. The molecule has 0 aromatic carbocycles. The number of rotatable bonds is 4. The van der Waals surface area contributed by atoms with Crippen molar-refractivity contribution in [1.29, 1.82) is 0 Å². The Morgan fingerprint density at radius 3 is 2.75 bits per heavy atom.